The van der Waals surface area contributed by atoms with Crippen molar-refractivity contribution in [3.8, 4) is 11.5 Å². The third-order valence-corrected chi connectivity index (χ3v) is 5.27. The summed E-state index contributed by atoms with van der Waals surface area (Å²) in [5.74, 6) is 1.18. The van der Waals surface area contributed by atoms with Gasteiger partial charge in [0.05, 0.1) is 5.69 Å². The SMILES string of the molecule is COC1(c2nc(-c3c(C)nc4sccn34)no2)CCCCC1. The Balaban J connectivity index is 1.78. The summed E-state index contributed by atoms with van der Waals surface area (Å²) in [6.07, 6.45) is 7.36. The molecule has 0 spiro atoms. The number of methoxy groups -OCH3 is 1. The maximum atomic E-state index is 5.78. The van der Waals surface area contributed by atoms with Gasteiger partial charge < -0.3 is 9.26 Å². The van der Waals surface area contributed by atoms with Crippen molar-refractivity contribution in [2.24, 2.45) is 0 Å². The number of hydrogen-bond donors (Lipinski definition) is 0. The maximum absolute atomic E-state index is 5.78. The molecule has 3 aromatic heterocycles. The highest BCUT2D eigenvalue weighted by Crippen LogP contribution is 2.40. The summed E-state index contributed by atoms with van der Waals surface area (Å²) in [7, 11) is 1.73. The largest absolute Gasteiger partial charge is 0.368 e. The minimum atomic E-state index is -0.421. The minimum Gasteiger partial charge on any atom is -0.368 e. The molecule has 0 aromatic carbocycles. The van der Waals surface area contributed by atoms with Crippen LogP contribution in [0.3, 0.4) is 0 Å². The Kier molecular flexibility index (Phi) is 3.27. The summed E-state index contributed by atoms with van der Waals surface area (Å²) in [5, 5.41) is 6.20. The summed E-state index contributed by atoms with van der Waals surface area (Å²) >= 11 is 1.60. The van der Waals surface area contributed by atoms with Crippen LogP contribution in [-0.2, 0) is 10.3 Å². The molecule has 0 radical (unpaired) electrons. The van der Waals surface area contributed by atoms with Gasteiger partial charge >= 0.3 is 0 Å². The lowest BCUT2D eigenvalue weighted by molar-refractivity contribution is -0.0672. The van der Waals surface area contributed by atoms with E-state index in [0.29, 0.717) is 11.7 Å². The Hall–Kier alpha value is -1.73. The van der Waals surface area contributed by atoms with Crippen molar-refractivity contribution in [1.29, 1.82) is 0 Å². The number of imidazole rings is 1. The van der Waals surface area contributed by atoms with Gasteiger partial charge in [0, 0.05) is 18.7 Å². The monoisotopic (exact) mass is 318 g/mol. The van der Waals surface area contributed by atoms with Gasteiger partial charge in [-0.2, -0.15) is 4.98 Å². The van der Waals surface area contributed by atoms with Gasteiger partial charge in [0.1, 0.15) is 11.3 Å². The van der Waals surface area contributed by atoms with Crippen molar-refractivity contribution in [3.63, 3.8) is 0 Å². The summed E-state index contributed by atoms with van der Waals surface area (Å²) in [6.45, 7) is 1.97. The molecule has 1 saturated carbocycles. The normalized spacial score (nSPS) is 18.1. The van der Waals surface area contributed by atoms with Crippen molar-refractivity contribution < 1.29 is 9.26 Å². The summed E-state index contributed by atoms with van der Waals surface area (Å²) in [6, 6.07) is 0. The molecular weight excluding hydrogens is 300 g/mol. The van der Waals surface area contributed by atoms with Gasteiger partial charge in [-0.3, -0.25) is 4.40 Å². The molecule has 22 heavy (non-hydrogen) atoms. The maximum Gasteiger partial charge on any atom is 0.259 e. The van der Waals surface area contributed by atoms with Gasteiger partial charge in [0.15, 0.2) is 4.96 Å². The molecule has 0 saturated heterocycles. The number of nitrogens with zero attached hydrogens (tertiary/aromatic N) is 4. The first kappa shape index (κ1) is 13.9. The molecule has 4 rings (SSSR count). The molecule has 6 nitrogen and oxygen atoms in total. The van der Waals surface area contributed by atoms with Crippen LogP contribution in [0.1, 0.15) is 43.7 Å². The van der Waals surface area contributed by atoms with Gasteiger partial charge in [0.25, 0.3) is 5.89 Å². The van der Waals surface area contributed by atoms with E-state index in [2.05, 4.69) is 15.1 Å². The zero-order valence-corrected chi connectivity index (χ0v) is 13.5. The van der Waals surface area contributed by atoms with E-state index >= 15 is 0 Å². The van der Waals surface area contributed by atoms with Crippen LogP contribution in [0.4, 0.5) is 0 Å². The van der Waals surface area contributed by atoms with Crippen LogP contribution in [0.5, 0.6) is 0 Å². The molecule has 1 aliphatic carbocycles. The molecule has 0 N–H and O–H groups in total. The quantitative estimate of drug-likeness (QED) is 0.738. The topological polar surface area (TPSA) is 65.5 Å². The number of fused-ring (bicyclic) bond motifs is 1. The van der Waals surface area contributed by atoms with Crippen LogP contribution in [0.15, 0.2) is 16.1 Å². The highest BCUT2D eigenvalue weighted by atomic mass is 32.1. The van der Waals surface area contributed by atoms with E-state index in [1.165, 1.54) is 6.42 Å². The first-order valence-corrected chi connectivity index (χ1v) is 8.43. The molecule has 7 heteroatoms. The number of aryl methyl sites for hydroxylation is 1. The predicted molar refractivity (Wildman–Crippen MR) is 82.9 cm³/mol. The van der Waals surface area contributed by atoms with E-state index in [4.69, 9.17) is 9.26 Å². The van der Waals surface area contributed by atoms with E-state index in [9.17, 15) is 0 Å². The van der Waals surface area contributed by atoms with E-state index in [0.717, 1.165) is 42.0 Å². The van der Waals surface area contributed by atoms with Gasteiger partial charge in [0.2, 0.25) is 5.82 Å². The average Bonchev–Trinajstić information content (AvgIpc) is 3.23. The van der Waals surface area contributed by atoms with Gasteiger partial charge in [-0.1, -0.05) is 24.4 Å². The molecular formula is C15H18N4O2S. The number of hydrogen-bond acceptors (Lipinski definition) is 6. The first-order chi connectivity index (χ1) is 10.7. The Labute approximate surface area is 132 Å². The van der Waals surface area contributed by atoms with Crippen LogP contribution >= 0.6 is 11.3 Å². The van der Waals surface area contributed by atoms with E-state index in [1.807, 2.05) is 22.9 Å². The Morgan fingerprint density at radius 1 is 1.27 bits per heavy atom. The molecule has 0 aliphatic heterocycles. The summed E-state index contributed by atoms with van der Waals surface area (Å²) < 4.78 is 13.4. The van der Waals surface area contributed by atoms with Crippen LogP contribution in [0.2, 0.25) is 0 Å². The summed E-state index contributed by atoms with van der Waals surface area (Å²) in [5.41, 5.74) is 1.39. The van der Waals surface area contributed by atoms with Crippen LogP contribution in [0.25, 0.3) is 16.5 Å². The lowest BCUT2D eigenvalue weighted by Crippen LogP contribution is -2.31. The van der Waals surface area contributed by atoms with Crippen molar-refractivity contribution in [3.05, 3.63) is 23.2 Å². The standard InChI is InChI=1S/C15H18N4O2S/c1-10-11(19-8-9-22-14(19)16-10)12-17-13(21-18-12)15(20-2)6-4-3-5-7-15/h8-9H,3-7H2,1-2H3. The second-order valence-electron chi connectivity index (χ2n) is 5.78. The Bertz CT molecular complexity index is 798. The smallest absolute Gasteiger partial charge is 0.259 e. The summed E-state index contributed by atoms with van der Waals surface area (Å²) in [4.78, 5) is 10.1. The van der Waals surface area contributed by atoms with E-state index in [-0.39, 0.29) is 0 Å². The van der Waals surface area contributed by atoms with E-state index < -0.39 is 5.60 Å². The minimum absolute atomic E-state index is 0.421. The van der Waals surface area contributed by atoms with Crippen molar-refractivity contribution in [1.82, 2.24) is 19.5 Å². The molecule has 0 atom stereocenters. The zero-order valence-electron chi connectivity index (χ0n) is 12.7. The van der Waals surface area contributed by atoms with Crippen molar-refractivity contribution >= 4 is 16.3 Å². The average molecular weight is 318 g/mol. The third-order valence-electron chi connectivity index (χ3n) is 4.52. The molecule has 116 valence electrons. The fraction of sp³-hybridized carbons (Fsp3) is 0.533. The Morgan fingerprint density at radius 2 is 2.09 bits per heavy atom. The molecule has 3 aromatic rings. The van der Waals surface area contributed by atoms with Crippen LogP contribution < -0.4 is 0 Å². The molecule has 1 fully saturated rings. The molecule has 0 amide bonds. The second kappa shape index (κ2) is 5.17. The lowest BCUT2D eigenvalue weighted by atomic mass is 9.84. The number of ether oxygens (including phenoxy) is 1. The van der Waals surface area contributed by atoms with E-state index in [1.54, 1.807) is 18.4 Å². The highest BCUT2D eigenvalue weighted by molar-refractivity contribution is 7.15. The molecule has 0 unspecified atom stereocenters. The lowest BCUT2D eigenvalue weighted by Gasteiger charge is -2.32. The van der Waals surface area contributed by atoms with Crippen molar-refractivity contribution in [2.75, 3.05) is 7.11 Å². The van der Waals surface area contributed by atoms with Gasteiger partial charge in [-0.15, -0.1) is 11.3 Å². The number of rotatable bonds is 3. The predicted octanol–water partition coefficient (Wildman–Crippen LogP) is 3.56. The van der Waals surface area contributed by atoms with Crippen molar-refractivity contribution in [2.45, 2.75) is 44.6 Å². The molecule has 1 aliphatic rings. The van der Waals surface area contributed by atoms with Crippen LogP contribution in [0, 0.1) is 6.92 Å². The molecule has 0 bridgehead atoms. The third kappa shape index (κ3) is 1.99. The van der Waals surface area contributed by atoms with Gasteiger partial charge in [-0.05, 0) is 19.8 Å². The number of thiazole rings is 1. The fourth-order valence-corrected chi connectivity index (χ4v) is 4.06. The first-order valence-electron chi connectivity index (χ1n) is 7.55. The molecule has 3 heterocycles. The fourth-order valence-electron chi connectivity index (χ4n) is 3.30. The van der Waals surface area contributed by atoms with Crippen LogP contribution in [-0.4, -0.2) is 26.6 Å². The zero-order chi connectivity index (χ0) is 15.2. The highest BCUT2D eigenvalue weighted by Gasteiger charge is 2.39. The Morgan fingerprint density at radius 3 is 2.86 bits per heavy atom. The number of aromatic nitrogens is 4. The van der Waals surface area contributed by atoms with Gasteiger partial charge in [-0.25, -0.2) is 4.98 Å². The second-order valence-corrected chi connectivity index (χ2v) is 6.66.